The Balaban J connectivity index is 1.70. The van der Waals surface area contributed by atoms with E-state index in [2.05, 4.69) is 29.4 Å². The third-order valence-electron chi connectivity index (χ3n) is 4.52. The lowest BCUT2D eigenvalue weighted by Gasteiger charge is -2.35. The number of carbonyl (C=O) groups is 2. The second-order valence-electron chi connectivity index (χ2n) is 7.14. The van der Waals surface area contributed by atoms with Gasteiger partial charge in [0.1, 0.15) is 11.8 Å². The average molecular weight is 389 g/mol. The van der Waals surface area contributed by atoms with Crippen LogP contribution in [0.2, 0.25) is 0 Å². The van der Waals surface area contributed by atoms with Crippen molar-refractivity contribution in [2.24, 2.45) is 0 Å². The number of ether oxygens (including phenoxy) is 2. The Hall–Kier alpha value is -2.38. The van der Waals surface area contributed by atoms with E-state index in [1.54, 1.807) is 20.1 Å². The van der Waals surface area contributed by atoms with Gasteiger partial charge < -0.3 is 20.1 Å². The number of nitrogens with zero attached hydrogens (tertiary/aromatic N) is 1. The summed E-state index contributed by atoms with van der Waals surface area (Å²) in [6.45, 7) is 8.82. The summed E-state index contributed by atoms with van der Waals surface area (Å²) in [6, 6.07) is 6.75. The molecule has 7 heteroatoms. The first-order valence-electron chi connectivity index (χ1n) is 9.65. The number of hydrogen-bond donors (Lipinski definition) is 2. The Labute approximate surface area is 167 Å². The molecule has 1 aliphatic rings. The molecular weight excluding hydrogens is 358 g/mol. The predicted octanol–water partition coefficient (Wildman–Crippen LogP) is 1.44. The molecule has 0 bridgehead atoms. The minimum absolute atomic E-state index is 0.194. The summed E-state index contributed by atoms with van der Waals surface area (Å²) in [4.78, 5) is 26.5. The van der Waals surface area contributed by atoms with Crippen molar-refractivity contribution >= 4 is 17.9 Å². The molecule has 0 aliphatic carbocycles. The van der Waals surface area contributed by atoms with Crippen LogP contribution >= 0.6 is 0 Å². The fourth-order valence-electron chi connectivity index (χ4n) is 3.17. The van der Waals surface area contributed by atoms with Crippen LogP contribution in [0.1, 0.15) is 26.3 Å². The van der Waals surface area contributed by atoms with Gasteiger partial charge in [-0.15, -0.1) is 0 Å². The lowest BCUT2D eigenvalue weighted by Crippen LogP contribution is -2.50. The Morgan fingerprint density at radius 3 is 2.50 bits per heavy atom. The minimum Gasteiger partial charge on any atom is -0.497 e. The van der Waals surface area contributed by atoms with Gasteiger partial charge in [0.05, 0.1) is 19.3 Å². The zero-order chi connectivity index (χ0) is 20.5. The molecule has 0 saturated carbocycles. The molecular formula is C21H31N3O4. The van der Waals surface area contributed by atoms with E-state index in [1.807, 2.05) is 24.3 Å². The average Bonchev–Trinajstić information content (AvgIpc) is 2.66. The molecule has 1 heterocycles. The van der Waals surface area contributed by atoms with E-state index >= 15 is 0 Å². The molecule has 3 unspecified atom stereocenters. The molecule has 2 rings (SSSR count). The van der Waals surface area contributed by atoms with Crippen molar-refractivity contribution in [2.45, 2.75) is 39.0 Å². The SMILES string of the molecule is COc1ccc(C=CC(=O)NC(C)C(=O)NCCN2CC(C)OC(C)C2)cc1. The fourth-order valence-corrected chi connectivity index (χ4v) is 3.17. The highest BCUT2D eigenvalue weighted by atomic mass is 16.5. The molecule has 0 radical (unpaired) electrons. The molecule has 1 saturated heterocycles. The minimum atomic E-state index is -0.601. The Kier molecular flexibility index (Phi) is 8.47. The van der Waals surface area contributed by atoms with E-state index in [1.165, 1.54) is 6.08 Å². The van der Waals surface area contributed by atoms with Crippen LogP contribution < -0.4 is 15.4 Å². The highest BCUT2D eigenvalue weighted by molar-refractivity contribution is 5.95. The van der Waals surface area contributed by atoms with Gasteiger partial charge in [-0.3, -0.25) is 14.5 Å². The highest BCUT2D eigenvalue weighted by Gasteiger charge is 2.22. The number of hydrogen-bond acceptors (Lipinski definition) is 5. The van der Waals surface area contributed by atoms with Crippen molar-refractivity contribution < 1.29 is 19.1 Å². The summed E-state index contributed by atoms with van der Waals surface area (Å²) < 4.78 is 10.8. The molecule has 0 aromatic heterocycles. The van der Waals surface area contributed by atoms with Crippen molar-refractivity contribution in [1.29, 1.82) is 0 Å². The number of carbonyl (C=O) groups excluding carboxylic acids is 2. The predicted molar refractivity (Wildman–Crippen MR) is 109 cm³/mol. The van der Waals surface area contributed by atoms with E-state index in [4.69, 9.17) is 9.47 Å². The van der Waals surface area contributed by atoms with E-state index in [0.29, 0.717) is 6.54 Å². The highest BCUT2D eigenvalue weighted by Crippen LogP contribution is 2.12. The monoisotopic (exact) mass is 389 g/mol. The Bertz CT molecular complexity index is 665. The first kappa shape index (κ1) is 21.9. The lowest BCUT2D eigenvalue weighted by atomic mass is 10.2. The molecule has 1 aromatic rings. The van der Waals surface area contributed by atoms with Gasteiger partial charge in [0, 0.05) is 32.3 Å². The molecule has 28 heavy (non-hydrogen) atoms. The van der Waals surface area contributed by atoms with Crippen LogP contribution in [0.15, 0.2) is 30.3 Å². The van der Waals surface area contributed by atoms with Crippen LogP contribution in [0.4, 0.5) is 0 Å². The molecule has 2 N–H and O–H groups in total. The van der Waals surface area contributed by atoms with E-state index < -0.39 is 6.04 Å². The van der Waals surface area contributed by atoms with Crippen LogP contribution in [0.25, 0.3) is 6.08 Å². The Morgan fingerprint density at radius 2 is 1.89 bits per heavy atom. The zero-order valence-electron chi connectivity index (χ0n) is 17.1. The molecule has 1 fully saturated rings. The van der Waals surface area contributed by atoms with Crippen LogP contribution in [-0.2, 0) is 14.3 Å². The van der Waals surface area contributed by atoms with Crippen molar-refractivity contribution in [3.63, 3.8) is 0 Å². The third kappa shape index (κ3) is 7.32. The summed E-state index contributed by atoms with van der Waals surface area (Å²) in [5, 5.41) is 5.56. The maximum atomic E-state index is 12.2. The first-order chi connectivity index (χ1) is 13.4. The summed E-state index contributed by atoms with van der Waals surface area (Å²) in [6.07, 6.45) is 3.52. The Morgan fingerprint density at radius 1 is 1.25 bits per heavy atom. The first-order valence-corrected chi connectivity index (χ1v) is 9.65. The molecule has 1 aliphatic heterocycles. The molecule has 2 amide bonds. The summed E-state index contributed by atoms with van der Waals surface area (Å²) in [5.41, 5.74) is 0.877. The number of amides is 2. The largest absolute Gasteiger partial charge is 0.497 e. The van der Waals surface area contributed by atoms with Crippen LogP contribution in [-0.4, -0.2) is 68.3 Å². The van der Waals surface area contributed by atoms with Crippen LogP contribution in [0.5, 0.6) is 5.75 Å². The van der Waals surface area contributed by atoms with Gasteiger partial charge in [-0.1, -0.05) is 12.1 Å². The zero-order valence-corrected chi connectivity index (χ0v) is 17.1. The van der Waals surface area contributed by atoms with E-state index in [-0.39, 0.29) is 24.0 Å². The third-order valence-corrected chi connectivity index (χ3v) is 4.52. The second kappa shape index (κ2) is 10.8. The van der Waals surface area contributed by atoms with Crippen molar-refractivity contribution in [3.8, 4) is 5.75 Å². The van der Waals surface area contributed by atoms with Crippen LogP contribution in [0, 0.1) is 0 Å². The molecule has 1 aromatic carbocycles. The molecule has 0 spiro atoms. The topological polar surface area (TPSA) is 79.9 Å². The number of nitrogens with one attached hydrogen (secondary N) is 2. The van der Waals surface area contributed by atoms with Crippen molar-refractivity contribution in [1.82, 2.24) is 15.5 Å². The van der Waals surface area contributed by atoms with E-state index in [9.17, 15) is 9.59 Å². The van der Waals surface area contributed by atoms with E-state index in [0.717, 1.165) is 30.9 Å². The number of morpholine rings is 1. The fraction of sp³-hybridized carbons (Fsp3) is 0.524. The maximum Gasteiger partial charge on any atom is 0.244 e. The van der Waals surface area contributed by atoms with Gasteiger partial charge >= 0.3 is 0 Å². The van der Waals surface area contributed by atoms with Gasteiger partial charge in [-0.05, 0) is 44.5 Å². The number of benzene rings is 1. The number of methoxy groups -OCH3 is 1. The van der Waals surface area contributed by atoms with Crippen molar-refractivity contribution in [3.05, 3.63) is 35.9 Å². The normalized spacial score (nSPS) is 21.3. The van der Waals surface area contributed by atoms with Crippen molar-refractivity contribution in [2.75, 3.05) is 33.3 Å². The van der Waals surface area contributed by atoms with Gasteiger partial charge in [0.15, 0.2) is 0 Å². The number of rotatable bonds is 8. The molecule has 154 valence electrons. The quantitative estimate of drug-likeness (QED) is 0.658. The van der Waals surface area contributed by atoms with Crippen LogP contribution in [0.3, 0.4) is 0 Å². The summed E-state index contributed by atoms with van der Waals surface area (Å²) in [7, 11) is 1.60. The van der Waals surface area contributed by atoms with Gasteiger partial charge in [-0.2, -0.15) is 0 Å². The summed E-state index contributed by atoms with van der Waals surface area (Å²) >= 11 is 0. The van der Waals surface area contributed by atoms with Gasteiger partial charge in [0.25, 0.3) is 0 Å². The molecule has 7 nitrogen and oxygen atoms in total. The maximum absolute atomic E-state index is 12.2. The smallest absolute Gasteiger partial charge is 0.244 e. The second-order valence-corrected chi connectivity index (χ2v) is 7.14. The lowest BCUT2D eigenvalue weighted by molar-refractivity contribution is -0.126. The van der Waals surface area contributed by atoms with Gasteiger partial charge in [-0.25, -0.2) is 0 Å². The summed E-state index contributed by atoms with van der Waals surface area (Å²) in [5.74, 6) is 0.253. The molecule has 3 atom stereocenters. The van der Waals surface area contributed by atoms with Gasteiger partial charge in [0.2, 0.25) is 11.8 Å². The standard InChI is InChI=1S/C21H31N3O4/c1-15-13-24(14-16(2)28-15)12-11-22-21(26)17(3)23-20(25)10-7-18-5-8-19(27-4)9-6-18/h5-10,15-17H,11-14H2,1-4H3,(H,22,26)(H,23,25).